The van der Waals surface area contributed by atoms with Crippen molar-refractivity contribution in [2.24, 2.45) is 15.2 Å². The summed E-state index contributed by atoms with van der Waals surface area (Å²) in [6, 6.07) is 1.22. The lowest BCUT2D eigenvalue weighted by Gasteiger charge is -2.09. The van der Waals surface area contributed by atoms with Crippen molar-refractivity contribution in [1.29, 1.82) is 0 Å². The number of hydrogen-bond donors (Lipinski definition) is 6. The van der Waals surface area contributed by atoms with Gasteiger partial charge in [0, 0.05) is 6.07 Å². The topological polar surface area (TPSA) is 180 Å². The Labute approximate surface area is 109 Å². The SMILES string of the molecule is NC(O)N=S(N)(=O)c1cc(CO)n(CC(O)CO)n1. The summed E-state index contributed by atoms with van der Waals surface area (Å²) in [5.41, 5.74) is 5.19. The molecule has 0 radical (unpaired) electrons. The molecule has 0 fully saturated rings. The first kappa shape index (κ1) is 16.0. The van der Waals surface area contributed by atoms with Gasteiger partial charge in [0.05, 0.1) is 31.6 Å². The molecular weight excluding hydrogens is 278 g/mol. The zero-order valence-corrected chi connectivity index (χ0v) is 10.8. The fourth-order valence-corrected chi connectivity index (χ4v) is 2.28. The molecular formula is C8H17N5O5S. The van der Waals surface area contributed by atoms with E-state index >= 15 is 0 Å². The molecule has 10 nitrogen and oxygen atoms in total. The summed E-state index contributed by atoms with van der Waals surface area (Å²) in [5.74, 6) is 0. The molecule has 0 spiro atoms. The van der Waals surface area contributed by atoms with Gasteiger partial charge in [0.2, 0.25) is 6.35 Å². The van der Waals surface area contributed by atoms with Gasteiger partial charge >= 0.3 is 0 Å². The van der Waals surface area contributed by atoms with E-state index in [1.807, 2.05) is 0 Å². The second-order valence-corrected chi connectivity index (χ2v) is 5.50. The van der Waals surface area contributed by atoms with Crippen molar-refractivity contribution in [3.8, 4) is 0 Å². The van der Waals surface area contributed by atoms with Crippen LogP contribution in [0, 0.1) is 0 Å². The van der Waals surface area contributed by atoms with Crippen LogP contribution >= 0.6 is 0 Å². The number of hydrogen-bond acceptors (Lipinski definition) is 8. The minimum Gasteiger partial charge on any atom is -0.394 e. The quantitative estimate of drug-likeness (QED) is 0.297. The van der Waals surface area contributed by atoms with Gasteiger partial charge in [0.25, 0.3) is 0 Å². The fourth-order valence-electron chi connectivity index (χ4n) is 1.33. The van der Waals surface area contributed by atoms with Gasteiger partial charge < -0.3 is 20.4 Å². The van der Waals surface area contributed by atoms with Crippen molar-refractivity contribution >= 4 is 9.92 Å². The van der Waals surface area contributed by atoms with Crippen LogP contribution in [0.4, 0.5) is 0 Å². The second kappa shape index (κ2) is 6.38. The molecule has 19 heavy (non-hydrogen) atoms. The first-order valence-corrected chi connectivity index (χ1v) is 6.82. The Bertz CT molecular complexity index is 536. The number of nitrogens with two attached hydrogens (primary N) is 2. The fraction of sp³-hybridized carbons (Fsp3) is 0.625. The molecule has 0 aliphatic carbocycles. The van der Waals surface area contributed by atoms with Crippen molar-refractivity contribution in [2.75, 3.05) is 6.61 Å². The highest BCUT2D eigenvalue weighted by Gasteiger charge is 2.17. The minimum atomic E-state index is -3.50. The van der Waals surface area contributed by atoms with Crippen LogP contribution in [0.2, 0.25) is 0 Å². The Hall–Kier alpha value is -1.08. The molecule has 3 atom stereocenters. The second-order valence-electron chi connectivity index (χ2n) is 3.74. The number of aliphatic hydroxyl groups is 4. The molecule has 0 aromatic carbocycles. The average Bonchev–Trinajstić information content (AvgIpc) is 2.71. The van der Waals surface area contributed by atoms with Gasteiger partial charge in [-0.15, -0.1) is 0 Å². The van der Waals surface area contributed by atoms with E-state index in [4.69, 9.17) is 26.2 Å². The van der Waals surface area contributed by atoms with Crippen molar-refractivity contribution in [3.63, 3.8) is 0 Å². The van der Waals surface area contributed by atoms with Gasteiger partial charge in [0.15, 0.2) is 14.9 Å². The van der Waals surface area contributed by atoms with Gasteiger partial charge in [-0.05, 0) is 0 Å². The monoisotopic (exact) mass is 295 g/mol. The summed E-state index contributed by atoms with van der Waals surface area (Å²) in [6.07, 6.45) is -2.81. The third-order valence-corrected chi connectivity index (χ3v) is 3.49. The van der Waals surface area contributed by atoms with Crippen molar-refractivity contribution < 1.29 is 24.6 Å². The maximum absolute atomic E-state index is 11.9. The molecule has 0 aliphatic heterocycles. The van der Waals surface area contributed by atoms with Crippen molar-refractivity contribution in [1.82, 2.24) is 9.78 Å². The molecule has 0 saturated heterocycles. The van der Waals surface area contributed by atoms with E-state index in [1.165, 1.54) is 6.07 Å². The first-order chi connectivity index (χ1) is 8.80. The molecule has 8 N–H and O–H groups in total. The molecule has 1 heterocycles. The van der Waals surface area contributed by atoms with Crippen molar-refractivity contribution in [2.45, 2.75) is 30.6 Å². The van der Waals surface area contributed by atoms with Crippen molar-refractivity contribution in [3.05, 3.63) is 11.8 Å². The Balaban J connectivity index is 3.16. The molecule has 3 unspecified atom stereocenters. The standard InChI is InChI=1S/C8H17N5O5S/c9-8(17)12-19(10,18)7-1-5(3-14)13(11-7)2-6(16)4-15/h1,6,8,14-17H,2-4,9H2,(H2,10,12,18). The largest absolute Gasteiger partial charge is 0.394 e. The number of nitrogens with zero attached hydrogens (tertiary/aromatic N) is 3. The molecule has 11 heteroatoms. The molecule has 110 valence electrons. The van der Waals surface area contributed by atoms with Crippen LogP contribution < -0.4 is 10.9 Å². The molecule has 1 aromatic heterocycles. The maximum atomic E-state index is 11.9. The highest BCUT2D eigenvalue weighted by atomic mass is 32.2. The van der Waals surface area contributed by atoms with Crippen LogP contribution in [0.5, 0.6) is 0 Å². The Morgan fingerprint density at radius 1 is 1.47 bits per heavy atom. The van der Waals surface area contributed by atoms with E-state index < -0.39 is 35.6 Å². The van der Waals surface area contributed by atoms with Gasteiger partial charge in [-0.1, -0.05) is 0 Å². The summed E-state index contributed by atoms with van der Waals surface area (Å²) in [5, 5.41) is 45.1. The van der Waals surface area contributed by atoms with E-state index in [0.717, 1.165) is 4.68 Å². The summed E-state index contributed by atoms with van der Waals surface area (Å²) in [4.78, 5) is 0. The smallest absolute Gasteiger partial charge is 0.209 e. The zero-order valence-electron chi connectivity index (χ0n) is 9.96. The third kappa shape index (κ3) is 4.21. The van der Waals surface area contributed by atoms with Crippen LogP contribution in [0.3, 0.4) is 0 Å². The van der Waals surface area contributed by atoms with Crippen LogP contribution in [0.15, 0.2) is 15.5 Å². The molecule has 0 amide bonds. The van der Waals surface area contributed by atoms with Crippen LogP contribution in [0.25, 0.3) is 0 Å². The van der Waals surface area contributed by atoms with E-state index in [2.05, 4.69) is 9.46 Å². The van der Waals surface area contributed by atoms with E-state index in [9.17, 15) is 9.32 Å². The Morgan fingerprint density at radius 3 is 2.58 bits per heavy atom. The highest BCUT2D eigenvalue weighted by Crippen LogP contribution is 2.12. The number of rotatable bonds is 6. The highest BCUT2D eigenvalue weighted by molar-refractivity contribution is 7.91. The van der Waals surface area contributed by atoms with E-state index in [0.29, 0.717) is 0 Å². The lowest BCUT2D eigenvalue weighted by Crippen LogP contribution is -2.24. The first-order valence-electron chi connectivity index (χ1n) is 5.24. The molecule has 0 bridgehead atoms. The van der Waals surface area contributed by atoms with Gasteiger partial charge in [0.1, 0.15) is 0 Å². The van der Waals surface area contributed by atoms with Gasteiger partial charge in [-0.3, -0.25) is 10.4 Å². The van der Waals surface area contributed by atoms with E-state index in [1.54, 1.807) is 0 Å². The lowest BCUT2D eigenvalue weighted by molar-refractivity contribution is 0.0760. The van der Waals surface area contributed by atoms with Crippen LogP contribution in [0.1, 0.15) is 5.69 Å². The lowest BCUT2D eigenvalue weighted by atomic mass is 10.3. The molecule has 0 aliphatic rings. The Kier molecular flexibility index (Phi) is 5.37. The summed E-state index contributed by atoms with van der Waals surface area (Å²) in [6.45, 7) is -1.05. The van der Waals surface area contributed by atoms with E-state index in [-0.39, 0.29) is 17.3 Å². The summed E-state index contributed by atoms with van der Waals surface area (Å²) >= 11 is 0. The molecule has 0 saturated carbocycles. The predicted octanol–water partition coefficient (Wildman–Crippen LogP) is -3.34. The number of aliphatic hydroxyl groups excluding tert-OH is 4. The van der Waals surface area contributed by atoms with Gasteiger partial charge in [-0.2, -0.15) is 9.46 Å². The maximum Gasteiger partial charge on any atom is 0.209 e. The normalized spacial score (nSPS) is 17.8. The molecule has 1 rings (SSSR count). The minimum absolute atomic E-state index is 0.118. The summed E-state index contributed by atoms with van der Waals surface area (Å²) in [7, 11) is -3.50. The average molecular weight is 295 g/mol. The van der Waals surface area contributed by atoms with Crippen LogP contribution in [-0.4, -0.2) is 53.5 Å². The Morgan fingerprint density at radius 2 is 2.11 bits per heavy atom. The molecule has 1 aromatic rings. The third-order valence-electron chi connectivity index (χ3n) is 2.16. The van der Waals surface area contributed by atoms with Crippen LogP contribution in [-0.2, 0) is 23.1 Å². The van der Waals surface area contributed by atoms with Gasteiger partial charge in [-0.25, -0.2) is 9.35 Å². The zero-order chi connectivity index (χ0) is 14.6. The number of aromatic nitrogens is 2. The predicted molar refractivity (Wildman–Crippen MR) is 64.5 cm³/mol. The summed E-state index contributed by atoms with van der Waals surface area (Å²) < 4.78 is 16.3.